The average molecular weight is 244 g/mol. The van der Waals surface area contributed by atoms with Gasteiger partial charge >= 0.3 is 0 Å². The second-order valence-corrected chi connectivity index (χ2v) is 5.01. The Morgan fingerprint density at radius 3 is 2.67 bits per heavy atom. The molecule has 0 aliphatic rings. The van der Waals surface area contributed by atoms with Crippen LogP contribution in [0.15, 0.2) is 30.3 Å². The number of aromatic nitrogens is 1. The summed E-state index contributed by atoms with van der Waals surface area (Å²) < 4.78 is 2.45. The largest absolute Gasteiger partial charge is 0.345 e. The Kier molecular flexibility index (Phi) is 4.82. The number of hydrogen-bond donors (Lipinski definition) is 1. The van der Waals surface area contributed by atoms with E-state index in [1.165, 1.54) is 42.3 Å². The van der Waals surface area contributed by atoms with Crippen molar-refractivity contribution in [2.24, 2.45) is 0 Å². The highest BCUT2D eigenvalue weighted by atomic mass is 15.0. The quantitative estimate of drug-likeness (QED) is 0.734. The van der Waals surface area contributed by atoms with Crippen molar-refractivity contribution in [3.05, 3.63) is 36.0 Å². The molecule has 0 unspecified atom stereocenters. The standard InChI is InChI=1S/C16H24N2/c1-14-13-15-9-5-6-10-16(15)18(14)12-8-4-3-7-11-17-2/h5-6,9-10,13,17H,3-4,7-8,11-12H2,1-2H3. The number of para-hydroxylation sites is 1. The van der Waals surface area contributed by atoms with Gasteiger partial charge in [-0.2, -0.15) is 0 Å². The minimum Gasteiger partial charge on any atom is -0.345 e. The van der Waals surface area contributed by atoms with Crippen LogP contribution in [0.2, 0.25) is 0 Å². The van der Waals surface area contributed by atoms with Crippen molar-refractivity contribution < 1.29 is 0 Å². The molecular formula is C16H24N2. The molecule has 2 aromatic rings. The summed E-state index contributed by atoms with van der Waals surface area (Å²) in [4.78, 5) is 0. The molecule has 0 fully saturated rings. The zero-order valence-electron chi connectivity index (χ0n) is 11.6. The van der Waals surface area contributed by atoms with Crippen molar-refractivity contribution >= 4 is 10.9 Å². The molecule has 0 atom stereocenters. The van der Waals surface area contributed by atoms with Crippen LogP contribution in [-0.4, -0.2) is 18.2 Å². The third kappa shape index (κ3) is 3.14. The smallest absolute Gasteiger partial charge is 0.0482 e. The summed E-state index contributed by atoms with van der Waals surface area (Å²) in [5.41, 5.74) is 2.76. The molecule has 0 aliphatic carbocycles. The Morgan fingerprint density at radius 1 is 1.06 bits per heavy atom. The summed E-state index contributed by atoms with van der Waals surface area (Å²) in [6, 6.07) is 11.0. The number of unbranched alkanes of at least 4 members (excludes halogenated alkanes) is 3. The minimum absolute atomic E-state index is 1.14. The number of fused-ring (bicyclic) bond motifs is 1. The fraction of sp³-hybridized carbons (Fsp3) is 0.500. The molecule has 1 aromatic carbocycles. The van der Waals surface area contributed by atoms with Crippen LogP contribution in [0, 0.1) is 6.92 Å². The van der Waals surface area contributed by atoms with E-state index in [4.69, 9.17) is 0 Å². The first kappa shape index (κ1) is 13.2. The van der Waals surface area contributed by atoms with Gasteiger partial charge in [0.05, 0.1) is 0 Å². The summed E-state index contributed by atoms with van der Waals surface area (Å²) >= 11 is 0. The van der Waals surface area contributed by atoms with Crippen LogP contribution >= 0.6 is 0 Å². The van der Waals surface area contributed by atoms with Crippen LogP contribution < -0.4 is 5.32 Å². The molecule has 0 aliphatic heterocycles. The van der Waals surface area contributed by atoms with Gasteiger partial charge in [0, 0.05) is 17.8 Å². The fourth-order valence-electron chi connectivity index (χ4n) is 2.57. The van der Waals surface area contributed by atoms with E-state index < -0.39 is 0 Å². The van der Waals surface area contributed by atoms with Crippen LogP contribution in [0.25, 0.3) is 10.9 Å². The molecule has 0 saturated carbocycles. The number of hydrogen-bond acceptors (Lipinski definition) is 1. The molecule has 2 heteroatoms. The Balaban J connectivity index is 1.89. The zero-order valence-corrected chi connectivity index (χ0v) is 11.6. The van der Waals surface area contributed by atoms with Crippen LogP contribution in [0.5, 0.6) is 0 Å². The fourth-order valence-corrected chi connectivity index (χ4v) is 2.57. The SMILES string of the molecule is CNCCCCCCn1c(C)cc2ccccc21. The maximum atomic E-state index is 3.20. The van der Waals surface area contributed by atoms with Crippen molar-refractivity contribution in [2.75, 3.05) is 13.6 Å². The molecule has 0 amide bonds. The van der Waals surface area contributed by atoms with Gasteiger partial charge in [-0.15, -0.1) is 0 Å². The van der Waals surface area contributed by atoms with E-state index in [1.54, 1.807) is 0 Å². The van der Waals surface area contributed by atoms with Crippen molar-refractivity contribution in [1.82, 2.24) is 9.88 Å². The predicted molar refractivity (Wildman–Crippen MR) is 79.1 cm³/mol. The maximum Gasteiger partial charge on any atom is 0.0482 e. The maximum absolute atomic E-state index is 3.20. The van der Waals surface area contributed by atoms with E-state index in [9.17, 15) is 0 Å². The van der Waals surface area contributed by atoms with Gasteiger partial charge in [0.15, 0.2) is 0 Å². The van der Waals surface area contributed by atoms with Crippen LogP contribution in [0.3, 0.4) is 0 Å². The molecular weight excluding hydrogens is 220 g/mol. The number of nitrogens with zero attached hydrogens (tertiary/aromatic N) is 1. The molecule has 98 valence electrons. The third-order valence-corrected chi connectivity index (χ3v) is 3.58. The Morgan fingerprint density at radius 2 is 1.83 bits per heavy atom. The van der Waals surface area contributed by atoms with E-state index in [0.29, 0.717) is 0 Å². The van der Waals surface area contributed by atoms with Gasteiger partial charge in [-0.1, -0.05) is 31.0 Å². The summed E-state index contributed by atoms with van der Waals surface area (Å²) in [6.07, 6.45) is 5.23. The highest BCUT2D eigenvalue weighted by Gasteiger charge is 2.03. The molecule has 2 nitrogen and oxygen atoms in total. The molecule has 1 N–H and O–H groups in total. The summed E-state index contributed by atoms with van der Waals surface area (Å²) in [5, 5.41) is 4.57. The molecule has 2 rings (SSSR count). The van der Waals surface area contributed by atoms with Crippen LogP contribution in [-0.2, 0) is 6.54 Å². The first-order chi connectivity index (χ1) is 8.83. The van der Waals surface area contributed by atoms with Gasteiger partial charge in [-0.25, -0.2) is 0 Å². The van der Waals surface area contributed by atoms with Gasteiger partial charge in [-0.05, 0) is 50.9 Å². The molecule has 0 bridgehead atoms. The van der Waals surface area contributed by atoms with Crippen LogP contribution in [0.1, 0.15) is 31.4 Å². The van der Waals surface area contributed by atoms with Crippen molar-refractivity contribution in [2.45, 2.75) is 39.2 Å². The second-order valence-electron chi connectivity index (χ2n) is 5.01. The van der Waals surface area contributed by atoms with E-state index in [1.807, 2.05) is 7.05 Å². The molecule has 0 radical (unpaired) electrons. The third-order valence-electron chi connectivity index (χ3n) is 3.58. The monoisotopic (exact) mass is 244 g/mol. The lowest BCUT2D eigenvalue weighted by Gasteiger charge is -2.08. The molecule has 0 saturated heterocycles. The second kappa shape index (κ2) is 6.60. The average Bonchev–Trinajstić information content (AvgIpc) is 2.70. The van der Waals surface area contributed by atoms with Gasteiger partial charge < -0.3 is 9.88 Å². The summed E-state index contributed by atoms with van der Waals surface area (Å²) in [6.45, 7) is 4.51. The van der Waals surface area contributed by atoms with Gasteiger partial charge in [0.1, 0.15) is 0 Å². The van der Waals surface area contributed by atoms with Gasteiger partial charge in [0.2, 0.25) is 0 Å². The highest BCUT2D eigenvalue weighted by molar-refractivity contribution is 5.81. The van der Waals surface area contributed by atoms with Crippen molar-refractivity contribution in [3.8, 4) is 0 Å². The summed E-state index contributed by atoms with van der Waals surface area (Å²) in [5.74, 6) is 0. The zero-order chi connectivity index (χ0) is 12.8. The Bertz CT molecular complexity index is 485. The van der Waals surface area contributed by atoms with E-state index >= 15 is 0 Å². The minimum atomic E-state index is 1.14. The molecule has 0 spiro atoms. The summed E-state index contributed by atoms with van der Waals surface area (Å²) in [7, 11) is 2.02. The number of rotatable bonds is 7. The van der Waals surface area contributed by atoms with E-state index in [-0.39, 0.29) is 0 Å². The first-order valence-corrected chi connectivity index (χ1v) is 7.02. The lowest BCUT2D eigenvalue weighted by atomic mass is 10.2. The van der Waals surface area contributed by atoms with Crippen molar-refractivity contribution in [1.29, 1.82) is 0 Å². The Labute approximate surface area is 110 Å². The van der Waals surface area contributed by atoms with Crippen molar-refractivity contribution in [3.63, 3.8) is 0 Å². The van der Waals surface area contributed by atoms with Gasteiger partial charge in [-0.3, -0.25) is 0 Å². The molecule has 1 aromatic heterocycles. The number of nitrogens with one attached hydrogen (secondary N) is 1. The molecule has 18 heavy (non-hydrogen) atoms. The first-order valence-electron chi connectivity index (χ1n) is 7.02. The van der Waals surface area contributed by atoms with Gasteiger partial charge in [0.25, 0.3) is 0 Å². The number of benzene rings is 1. The number of aryl methyl sites for hydroxylation is 2. The lowest BCUT2D eigenvalue weighted by molar-refractivity contribution is 0.566. The lowest BCUT2D eigenvalue weighted by Crippen LogP contribution is -2.07. The van der Waals surface area contributed by atoms with E-state index in [2.05, 4.69) is 47.1 Å². The molecule has 1 heterocycles. The topological polar surface area (TPSA) is 17.0 Å². The normalized spacial score (nSPS) is 11.2. The van der Waals surface area contributed by atoms with E-state index in [0.717, 1.165) is 13.1 Å². The van der Waals surface area contributed by atoms with Crippen LogP contribution in [0.4, 0.5) is 0 Å². The predicted octanol–water partition coefficient (Wildman–Crippen LogP) is 3.73. The Hall–Kier alpha value is -1.28. The highest BCUT2D eigenvalue weighted by Crippen LogP contribution is 2.19.